The van der Waals surface area contributed by atoms with Crippen LogP contribution in [0.2, 0.25) is 0 Å². The standard InChI is InChI=1S/C12H19N3/c1-10(12-5-3-4-7-14-12)15(2)11-6-8-13-9-11/h3-5,7,10-11,13H,6,8-9H2,1-2H3/t10-,11+/m0/s1. The second-order valence-electron chi connectivity index (χ2n) is 4.24. The Balaban J connectivity index is 2.03. The molecule has 0 bridgehead atoms. The van der Waals surface area contributed by atoms with E-state index in [1.807, 2.05) is 12.3 Å². The summed E-state index contributed by atoms with van der Waals surface area (Å²) in [7, 11) is 2.19. The van der Waals surface area contributed by atoms with Crippen molar-refractivity contribution in [3.05, 3.63) is 30.1 Å². The Morgan fingerprint density at radius 1 is 1.53 bits per heavy atom. The van der Waals surface area contributed by atoms with Crippen molar-refractivity contribution >= 4 is 0 Å². The molecule has 82 valence electrons. The lowest BCUT2D eigenvalue weighted by Gasteiger charge is -2.29. The molecule has 1 aromatic rings. The Kier molecular flexibility index (Phi) is 3.34. The third-order valence-electron chi connectivity index (χ3n) is 3.34. The minimum Gasteiger partial charge on any atom is -0.315 e. The number of likely N-dealkylation sites (N-methyl/N-ethyl adjacent to an activating group) is 1. The molecule has 1 aliphatic heterocycles. The van der Waals surface area contributed by atoms with Crippen LogP contribution in [0.5, 0.6) is 0 Å². The molecule has 0 spiro atoms. The van der Waals surface area contributed by atoms with Crippen molar-refractivity contribution in [3.8, 4) is 0 Å². The van der Waals surface area contributed by atoms with Gasteiger partial charge in [-0.25, -0.2) is 0 Å². The summed E-state index contributed by atoms with van der Waals surface area (Å²) in [6.45, 7) is 4.47. The number of nitrogens with zero attached hydrogens (tertiary/aromatic N) is 2. The van der Waals surface area contributed by atoms with Crippen LogP contribution >= 0.6 is 0 Å². The van der Waals surface area contributed by atoms with Crippen LogP contribution in [0.4, 0.5) is 0 Å². The number of nitrogens with one attached hydrogen (secondary N) is 1. The van der Waals surface area contributed by atoms with Crippen molar-refractivity contribution in [1.29, 1.82) is 0 Å². The van der Waals surface area contributed by atoms with Crippen LogP contribution in [0.3, 0.4) is 0 Å². The number of pyridine rings is 1. The minimum atomic E-state index is 0.399. The fraction of sp³-hybridized carbons (Fsp3) is 0.583. The average Bonchev–Trinajstić information content (AvgIpc) is 2.82. The molecule has 1 aliphatic rings. The molecule has 0 saturated carbocycles. The van der Waals surface area contributed by atoms with Crippen molar-refractivity contribution in [2.24, 2.45) is 0 Å². The van der Waals surface area contributed by atoms with Crippen LogP contribution in [-0.4, -0.2) is 36.1 Å². The molecule has 0 aliphatic carbocycles. The highest BCUT2D eigenvalue weighted by molar-refractivity contribution is 5.08. The highest BCUT2D eigenvalue weighted by atomic mass is 15.2. The van der Waals surface area contributed by atoms with Crippen molar-refractivity contribution in [2.75, 3.05) is 20.1 Å². The predicted molar refractivity (Wildman–Crippen MR) is 61.7 cm³/mol. The van der Waals surface area contributed by atoms with Crippen molar-refractivity contribution in [3.63, 3.8) is 0 Å². The van der Waals surface area contributed by atoms with Crippen LogP contribution < -0.4 is 5.32 Å². The predicted octanol–water partition coefficient (Wildman–Crippen LogP) is 1.44. The first-order valence-corrected chi connectivity index (χ1v) is 5.62. The maximum absolute atomic E-state index is 4.41. The van der Waals surface area contributed by atoms with Gasteiger partial charge in [-0.05, 0) is 39.1 Å². The number of aromatic nitrogens is 1. The van der Waals surface area contributed by atoms with Crippen LogP contribution in [0.1, 0.15) is 25.1 Å². The third-order valence-corrected chi connectivity index (χ3v) is 3.34. The van der Waals surface area contributed by atoms with Crippen molar-refractivity contribution in [2.45, 2.75) is 25.4 Å². The Morgan fingerprint density at radius 3 is 3.00 bits per heavy atom. The Bertz CT molecular complexity index is 293. The van der Waals surface area contributed by atoms with Gasteiger partial charge in [0.25, 0.3) is 0 Å². The molecular weight excluding hydrogens is 186 g/mol. The van der Waals surface area contributed by atoms with E-state index in [1.165, 1.54) is 6.42 Å². The van der Waals surface area contributed by atoms with E-state index >= 15 is 0 Å². The first-order chi connectivity index (χ1) is 7.29. The molecule has 1 saturated heterocycles. The van der Waals surface area contributed by atoms with Crippen molar-refractivity contribution in [1.82, 2.24) is 15.2 Å². The third kappa shape index (κ3) is 2.36. The van der Waals surface area contributed by atoms with Gasteiger partial charge >= 0.3 is 0 Å². The summed E-state index contributed by atoms with van der Waals surface area (Å²) in [6.07, 6.45) is 3.11. The van der Waals surface area contributed by atoms with Gasteiger partial charge in [0.1, 0.15) is 0 Å². The molecule has 0 amide bonds. The number of hydrogen-bond donors (Lipinski definition) is 1. The second kappa shape index (κ2) is 4.73. The summed E-state index contributed by atoms with van der Waals surface area (Å²) in [5, 5.41) is 3.40. The topological polar surface area (TPSA) is 28.2 Å². The normalized spacial score (nSPS) is 23.3. The minimum absolute atomic E-state index is 0.399. The zero-order valence-corrected chi connectivity index (χ0v) is 9.48. The van der Waals surface area contributed by atoms with Crippen LogP contribution in [0.25, 0.3) is 0 Å². The molecule has 3 heteroatoms. The lowest BCUT2D eigenvalue weighted by molar-refractivity contribution is 0.193. The molecule has 2 atom stereocenters. The lowest BCUT2D eigenvalue weighted by atomic mass is 10.1. The van der Waals surface area contributed by atoms with Gasteiger partial charge < -0.3 is 5.32 Å². The fourth-order valence-electron chi connectivity index (χ4n) is 2.13. The molecule has 0 unspecified atom stereocenters. The zero-order valence-electron chi connectivity index (χ0n) is 9.48. The van der Waals surface area contributed by atoms with Crippen LogP contribution in [0, 0.1) is 0 Å². The molecule has 2 heterocycles. The molecule has 1 aromatic heterocycles. The van der Waals surface area contributed by atoms with E-state index in [1.54, 1.807) is 0 Å². The summed E-state index contributed by atoms with van der Waals surface area (Å²) < 4.78 is 0. The van der Waals surface area contributed by atoms with E-state index in [-0.39, 0.29) is 0 Å². The molecule has 0 aromatic carbocycles. The maximum atomic E-state index is 4.41. The molecule has 1 fully saturated rings. The molecule has 3 nitrogen and oxygen atoms in total. The lowest BCUT2D eigenvalue weighted by Crippen LogP contribution is -2.35. The van der Waals surface area contributed by atoms with Crippen molar-refractivity contribution < 1.29 is 0 Å². The largest absolute Gasteiger partial charge is 0.315 e. The summed E-state index contributed by atoms with van der Waals surface area (Å²) in [4.78, 5) is 6.83. The van der Waals surface area contributed by atoms with Gasteiger partial charge in [-0.2, -0.15) is 0 Å². The SMILES string of the molecule is C[C@@H](c1ccccn1)N(C)[C@@H]1CCNC1. The van der Waals surface area contributed by atoms with E-state index in [4.69, 9.17) is 0 Å². The molecule has 1 N–H and O–H groups in total. The van der Waals surface area contributed by atoms with E-state index in [9.17, 15) is 0 Å². The monoisotopic (exact) mass is 205 g/mol. The Labute approximate surface area is 91.5 Å². The summed E-state index contributed by atoms with van der Waals surface area (Å²) in [5.74, 6) is 0. The highest BCUT2D eigenvalue weighted by Gasteiger charge is 2.24. The summed E-state index contributed by atoms with van der Waals surface area (Å²) in [6, 6.07) is 7.18. The highest BCUT2D eigenvalue weighted by Crippen LogP contribution is 2.20. The van der Waals surface area contributed by atoms with E-state index in [2.05, 4.69) is 41.3 Å². The molecule has 2 rings (SSSR count). The van der Waals surface area contributed by atoms with E-state index in [0.717, 1.165) is 18.8 Å². The van der Waals surface area contributed by atoms with Gasteiger partial charge in [0.05, 0.1) is 5.69 Å². The second-order valence-corrected chi connectivity index (χ2v) is 4.24. The Hall–Kier alpha value is -0.930. The first-order valence-electron chi connectivity index (χ1n) is 5.62. The smallest absolute Gasteiger partial charge is 0.0572 e. The van der Waals surface area contributed by atoms with Gasteiger partial charge in [0.15, 0.2) is 0 Å². The molecular formula is C12H19N3. The van der Waals surface area contributed by atoms with Gasteiger partial charge in [-0.1, -0.05) is 6.07 Å². The van der Waals surface area contributed by atoms with Gasteiger partial charge in [-0.3, -0.25) is 9.88 Å². The Morgan fingerprint density at radius 2 is 2.40 bits per heavy atom. The molecule has 15 heavy (non-hydrogen) atoms. The van der Waals surface area contributed by atoms with Gasteiger partial charge in [-0.15, -0.1) is 0 Å². The zero-order chi connectivity index (χ0) is 10.7. The quantitative estimate of drug-likeness (QED) is 0.809. The van der Waals surface area contributed by atoms with Crippen LogP contribution in [-0.2, 0) is 0 Å². The first kappa shape index (κ1) is 10.6. The molecule has 0 radical (unpaired) electrons. The summed E-state index contributed by atoms with van der Waals surface area (Å²) >= 11 is 0. The van der Waals surface area contributed by atoms with E-state index < -0.39 is 0 Å². The van der Waals surface area contributed by atoms with Gasteiger partial charge in [0, 0.05) is 24.8 Å². The number of hydrogen-bond acceptors (Lipinski definition) is 3. The van der Waals surface area contributed by atoms with E-state index in [0.29, 0.717) is 12.1 Å². The summed E-state index contributed by atoms with van der Waals surface area (Å²) in [5.41, 5.74) is 1.16. The fourth-order valence-corrected chi connectivity index (χ4v) is 2.13. The number of rotatable bonds is 3. The van der Waals surface area contributed by atoms with Crippen LogP contribution in [0.15, 0.2) is 24.4 Å². The van der Waals surface area contributed by atoms with Gasteiger partial charge in [0.2, 0.25) is 0 Å². The maximum Gasteiger partial charge on any atom is 0.0572 e. The average molecular weight is 205 g/mol.